The molecule has 2 heterocycles. The summed E-state index contributed by atoms with van der Waals surface area (Å²) >= 11 is 0. The van der Waals surface area contributed by atoms with E-state index in [0.29, 0.717) is 22.5 Å². The van der Waals surface area contributed by atoms with Crippen LogP contribution in [0, 0.1) is 6.92 Å². The molecular weight excluding hydrogens is 328 g/mol. The van der Waals surface area contributed by atoms with Gasteiger partial charge in [-0.2, -0.15) is 0 Å². The number of carbonyl (C=O) groups excluding carboxylic acids is 2. The van der Waals surface area contributed by atoms with Gasteiger partial charge >= 0.3 is 0 Å². The van der Waals surface area contributed by atoms with Crippen LogP contribution in [0.15, 0.2) is 48.7 Å². The van der Waals surface area contributed by atoms with E-state index in [-0.39, 0.29) is 11.8 Å². The maximum absolute atomic E-state index is 12.6. The second-order valence-corrected chi connectivity index (χ2v) is 6.39. The summed E-state index contributed by atoms with van der Waals surface area (Å²) in [5.74, 6) is -0.125. The van der Waals surface area contributed by atoms with Crippen LogP contribution in [0.4, 0.5) is 0 Å². The van der Waals surface area contributed by atoms with Crippen molar-refractivity contribution in [3.63, 3.8) is 0 Å². The largest absolute Gasteiger partial charge is 0.497 e. The molecule has 1 aliphatic rings. The van der Waals surface area contributed by atoms with Gasteiger partial charge in [-0.1, -0.05) is 30.3 Å². The molecule has 1 N–H and O–H groups in total. The van der Waals surface area contributed by atoms with Crippen LogP contribution >= 0.6 is 0 Å². The highest BCUT2D eigenvalue weighted by atomic mass is 16.5. The van der Waals surface area contributed by atoms with E-state index in [0.717, 1.165) is 22.0 Å². The monoisotopic (exact) mass is 346 g/mol. The molecule has 3 aromatic rings. The van der Waals surface area contributed by atoms with Crippen LogP contribution < -0.4 is 10.1 Å². The molecular formula is C21H18N2O3. The normalized spacial score (nSPS) is 14.3. The van der Waals surface area contributed by atoms with Gasteiger partial charge in [0, 0.05) is 24.2 Å². The van der Waals surface area contributed by atoms with E-state index in [2.05, 4.69) is 5.32 Å². The van der Waals surface area contributed by atoms with Crippen molar-refractivity contribution in [2.75, 3.05) is 7.11 Å². The standard InChI is InChI=1S/C21H18N2O3/c1-12-6-4-9-15-16(11-23(2)19(12)15)18-17(20(24)22-21(18)25)13-7-5-8-14(10-13)26-3/h4-11H,1-3H3,(H,22,24,25). The minimum Gasteiger partial charge on any atom is -0.497 e. The van der Waals surface area contributed by atoms with Gasteiger partial charge < -0.3 is 9.30 Å². The quantitative estimate of drug-likeness (QED) is 0.742. The Kier molecular flexibility index (Phi) is 3.65. The summed E-state index contributed by atoms with van der Waals surface area (Å²) in [6, 6.07) is 13.2. The van der Waals surface area contributed by atoms with Crippen LogP contribution in [0.3, 0.4) is 0 Å². The van der Waals surface area contributed by atoms with Gasteiger partial charge in [-0.25, -0.2) is 0 Å². The van der Waals surface area contributed by atoms with Crippen molar-refractivity contribution in [1.29, 1.82) is 0 Å². The van der Waals surface area contributed by atoms with Crippen LogP contribution in [0.25, 0.3) is 22.0 Å². The van der Waals surface area contributed by atoms with Gasteiger partial charge in [0.1, 0.15) is 5.75 Å². The van der Waals surface area contributed by atoms with Crippen molar-refractivity contribution < 1.29 is 14.3 Å². The molecule has 2 amide bonds. The Morgan fingerprint density at radius 2 is 1.73 bits per heavy atom. The number of methoxy groups -OCH3 is 1. The number of benzene rings is 2. The number of nitrogens with one attached hydrogen (secondary N) is 1. The number of amides is 2. The molecule has 0 radical (unpaired) electrons. The smallest absolute Gasteiger partial charge is 0.259 e. The Labute approximate surface area is 150 Å². The summed E-state index contributed by atoms with van der Waals surface area (Å²) < 4.78 is 7.26. The lowest BCUT2D eigenvalue weighted by molar-refractivity contribution is -0.122. The van der Waals surface area contributed by atoms with Gasteiger partial charge in [0.2, 0.25) is 0 Å². The fourth-order valence-corrected chi connectivity index (χ4v) is 3.64. The summed E-state index contributed by atoms with van der Waals surface area (Å²) in [7, 11) is 3.51. The second kappa shape index (κ2) is 5.88. The molecule has 0 aliphatic carbocycles. The summed E-state index contributed by atoms with van der Waals surface area (Å²) in [6.45, 7) is 2.03. The number of imide groups is 1. The molecule has 130 valence electrons. The van der Waals surface area contributed by atoms with Crippen molar-refractivity contribution in [3.05, 3.63) is 65.4 Å². The molecule has 26 heavy (non-hydrogen) atoms. The average molecular weight is 346 g/mol. The van der Waals surface area contributed by atoms with Gasteiger partial charge in [-0.05, 0) is 30.2 Å². The van der Waals surface area contributed by atoms with E-state index < -0.39 is 0 Å². The zero-order valence-corrected chi connectivity index (χ0v) is 14.8. The highest BCUT2D eigenvalue weighted by Crippen LogP contribution is 2.37. The third-order valence-corrected chi connectivity index (χ3v) is 4.76. The number of aryl methyl sites for hydroxylation is 2. The molecule has 2 aromatic carbocycles. The number of aromatic nitrogens is 1. The van der Waals surface area contributed by atoms with Gasteiger partial charge in [0.15, 0.2) is 0 Å². The van der Waals surface area contributed by atoms with Crippen molar-refractivity contribution in [2.24, 2.45) is 7.05 Å². The highest BCUT2D eigenvalue weighted by Gasteiger charge is 2.33. The summed E-state index contributed by atoms with van der Waals surface area (Å²) in [6.07, 6.45) is 1.91. The third-order valence-electron chi connectivity index (χ3n) is 4.76. The number of ether oxygens (including phenoxy) is 1. The molecule has 4 rings (SSSR count). The predicted octanol–water partition coefficient (Wildman–Crippen LogP) is 3.06. The number of para-hydroxylation sites is 1. The number of fused-ring (bicyclic) bond motifs is 1. The van der Waals surface area contributed by atoms with Gasteiger partial charge in [-0.3, -0.25) is 14.9 Å². The molecule has 0 saturated carbocycles. The number of hydrogen-bond donors (Lipinski definition) is 1. The molecule has 1 aromatic heterocycles. The van der Waals surface area contributed by atoms with Gasteiger partial charge in [0.05, 0.1) is 23.8 Å². The van der Waals surface area contributed by atoms with Gasteiger partial charge in [0.25, 0.3) is 11.8 Å². The molecule has 0 saturated heterocycles. The van der Waals surface area contributed by atoms with Crippen LogP contribution in [-0.4, -0.2) is 23.5 Å². The molecule has 5 nitrogen and oxygen atoms in total. The molecule has 1 aliphatic heterocycles. The SMILES string of the molecule is COc1cccc(C2=C(c3cn(C)c4c(C)cccc34)C(=O)NC2=O)c1. The number of carbonyl (C=O) groups is 2. The van der Waals surface area contributed by atoms with Crippen LogP contribution in [0.1, 0.15) is 16.7 Å². The predicted molar refractivity (Wildman–Crippen MR) is 101 cm³/mol. The van der Waals surface area contributed by atoms with E-state index in [9.17, 15) is 9.59 Å². The fraction of sp³-hybridized carbons (Fsp3) is 0.143. The Balaban J connectivity index is 2.04. The molecule has 0 spiro atoms. The van der Waals surface area contributed by atoms with Crippen LogP contribution in [0.5, 0.6) is 5.75 Å². The average Bonchev–Trinajstić information content (AvgIpc) is 3.11. The molecule has 0 atom stereocenters. The van der Waals surface area contributed by atoms with Crippen LogP contribution in [-0.2, 0) is 16.6 Å². The zero-order chi connectivity index (χ0) is 18.4. The van der Waals surface area contributed by atoms with E-state index >= 15 is 0 Å². The van der Waals surface area contributed by atoms with Crippen molar-refractivity contribution >= 4 is 33.9 Å². The molecule has 5 heteroatoms. The minimum absolute atomic E-state index is 0.373. The van der Waals surface area contributed by atoms with Crippen molar-refractivity contribution in [1.82, 2.24) is 9.88 Å². The van der Waals surface area contributed by atoms with Crippen LogP contribution in [0.2, 0.25) is 0 Å². The van der Waals surface area contributed by atoms with E-state index in [1.165, 1.54) is 0 Å². The summed E-state index contributed by atoms with van der Waals surface area (Å²) in [5.41, 5.74) is 4.36. The first-order valence-corrected chi connectivity index (χ1v) is 8.30. The Morgan fingerprint density at radius 3 is 2.50 bits per heavy atom. The summed E-state index contributed by atoms with van der Waals surface area (Å²) in [5, 5.41) is 3.39. The highest BCUT2D eigenvalue weighted by molar-refractivity contribution is 6.50. The molecule has 0 unspecified atom stereocenters. The first-order valence-electron chi connectivity index (χ1n) is 8.30. The van der Waals surface area contributed by atoms with Crippen molar-refractivity contribution in [3.8, 4) is 5.75 Å². The Bertz CT molecular complexity index is 1110. The number of hydrogen-bond acceptors (Lipinski definition) is 3. The zero-order valence-electron chi connectivity index (χ0n) is 14.8. The third kappa shape index (κ3) is 2.32. The van der Waals surface area contributed by atoms with E-state index in [1.807, 2.05) is 55.1 Å². The first-order chi connectivity index (χ1) is 12.5. The molecule has 0 fully saturated rings. The van der Waals surface area contributed by atoms with E-state index in [4.69, 9.17) is 4.74 Å². The van der Waals surface area contributed by atoms with Gasteiger partial charge in [-0.15, -0.1) is 0 Å². The fourth-order valence-electron chi connectivity index (χ4n) is 3.64. The maximum Gasteiger partial charge on any atom is 0.259 e. The maximum atomic E-state index is 12.6. The topological polar surface area (TPSA) is 60.3 Å². The van der Waals surface area contributed by atoms with E-state index in [1.54, 1.807) is 19.2 Å². The number of rotatable bonds is 3. The minimum atomic E-state index is -0.386. The first kappa shape index (κ1) is 16.1. The lowest BCUT2D eigenvalue weighted by atomic mass is 9.95. The second-order valence-electron chi connectivity index (χ2n) is 6.39. The molecule has 0 bridgehead atoms. The lowest BCUT2D eigenvalue weighted by Crippen LogP contribution is -2.22. The number of nitrogens with zero attached hydrogens (tertiary/aromatic N) is 1. The Hall–Kier alpha value is -3.34. The lowest BCUT2D eigenvalue weighted by Gasteiger charge is -2.06. The Morgan fingerprint density at radius 1 is 1.00 bits per heavy atom. The van der Waals surface area contributed by atoms with Crippen molar-refractivity contribution in [2.45, 2.75) is 6.92 Å². The summed E-state index contributed by atoms with van der Waals surface area (Å²) in [4.78, 5) is 25.2.